The summed E-state index contributed by atoms with van der Waals surface area (Å²) in [6.45, 7) is 5.83. The minimum Gasteiger partial charge on any atom is -0.516 e. The van der Waals surface area contributed by atoms with E-state index < -0.39 is 11.8 Å². The van der Waals surface area contributed by atoms with Crippen LogP contribution in [0.3, 0.4) is 0 Å². The van der Waals surface area contributed by atoms with Crippen LogP contribution in [0.5, 0.6) is 0 Å². The molecule has 1 aromatic rings. The molecule has 6 N–H and O–H groups in total. The van der Waals surface area contributed by atoms with Gasteiger partial charge in [0.25, 0.3) is 0 Å². The van der Waals surface area contributed by atoms with Gasteiger partial charge in [0.1, 0.15) is 0 Å². The number of rotatable bonds is 2. The number of carbonyl (C=O) groups is 2. The largest absolute Gasteiger partial charge is 0.516 e. The van der Waals surface area contributed by atoms with Gasteiger partial charge in [-0.05, 0) is 24.3 Å². The molecule has 0 aromatic heterocycles. The molecule has 0 fully saturated rings. The molecular weight excluding hydrogens is 236 g/mol. The SMILES string of the molecule is C=CO.C=CO.NC(=O)c1ccc(C(N)=O)cc1. The van der Waals surface area contributed by atoms with Gasteiger partial charge in [0.2, 0.25) is 11.8 Å². The summed E-state index contributed by atoms with van der Waals surface area (Å²) in [5.41, 5.74) is 10.7. The second-order valence-corrected chi connectivity index (χ2v) is 2.67. The van der Waals surface area contributed by atoms with Crippen LogP contribution in [0.2, 0.25) is 0 Å². The first-order chi connectivity index (χ1) is 8.44. The molecule has 1 aromatic carbocycles. The van der Waals surface area contributed by atoms with Crippen molar-refractivity contribution < 1.29 is 19.8 Å². The quantitative estimate of drug-likeness (QED) is 0.591. The minimum atomic E-state index is -0.522. The molecule has 2 amide bonds. The van der Waals surface area contributed by atoms with Crippen LogP contribution in [0.15, 0.2) is 49.9 Å². The summed E-state index contributed by atoms with van der Waals surface area (Å²) in [4.78, 5) is 21.2. The first kappa shape index (κ1) is 17.6. The molecule has 18 heavy (non-hydrogen) atoms. The number of aliphatic hydroxyl groups is 2. The topological polar surface area (TPSA) is 127 Å². The van der Waals surface area contributed by atoms with Crippen LogP contribution in [-0.4, -0.2) is 22.0 Å². The highest BCUT2D eigenvalue weighted by atomic mass is 16.2. The second kappa shape index (κ2) is 10.7. The van der Waals surface area contributed by atoms with Crippen molar-refractivity contribution in [2.45, 2.75) is 0 Å². The van der Waals surface area contributed by atoms with Crippen LogP contribution in [0, 0.1) is 0 Å². The van der Waals surface area contributed by atoms with Gasteiger partial charge in [-0.15, -0.1) is 0 Å². The summed E-state index contributed by atoms with van der Waals surface area (Å²) >= 11 is 0. The molecule has 98 valence electrons. The van der Waals surface area contributed by atoms with Crippen LogP contribution in [0.1, 0.15) is 20.7 Å². The molecule has 0 saturated heterocycles. The van der Waals surface area contributed by atoms with Crippen LogP contribution in [0.4, 0.5) is 0 Å². The second-order valence-electron chi connectivity index (χ2n) is 2.67. The molecule has 6 heteroatoms. The van der Waals surface area contributed by atoms with Crippen molar-refractivity contribution >= 4 is 11.8 Å². The molecule has 0 aliphatic rings. The van der Waals surface area contributed by atoms with Crippen molar-refractivity contribution in [2.24, 2.45) is 11.5 Å². The van der Waals surface area contributed by atoms with Gasteiger partial charge in [0, 0.05) is 11.1 Å². The van der Waals surface area contributed by atoms with E-state index in [1.54, 1.807) is 0 Å². The molecule has 0 atom stereocenters. The maximum atomic E-state index is 10.6. The monoisotopic (exact) mass is 252 g/mol. The Kier molecular flexibility index (Phi) is 10.5. The van der Waals surface area contributed by atoms with Gasteiger partial charge >= 0.3 is 0 Å². The van der Waals surface area contributed by atoms with Crippen molar-refractivity contribution in [1.82, 2.24) is 0 Å². The number of amides is 2. The number of benzene rings is 1. The number of nitrogens with two attached hydrogens (primary N) is 2. The normalized spacial score (nSPS) is 7.56. The van der Waals surface area contributed by atoms with Crippen molar-refractivity contribution in [2.75, 3.05) is 0 Å². The van der Waals surface area contributed by atoms with Gasteiger partial charge in [0.15, 0.2) is 0 Å². The van der Waals surface area contributed by atoms with E-state index in [1.165, 1.54) is 24.3 Å². The molecule has 0 bridgehead atoms. The number of hydrogen-bond donors (Lipinski definition) is 4. The highest BCUT2D eigenvalue weighted by Gasteiger charge is 2.02. The first-order valence-corrected chi connectivity index (χ1v) is 4.64. The van der Waals surface area contributed by atoms with Crippen molar-refractivity contribution in [3.05, 3.63) is 61.1 Å². The fraction of sp³-hybridized carbons (Fsp3) is 0. The average Bonchev–Trinajstić information content (AvgIpc) is 2.31. The third kappa shape index (κ3) is 8.54. The third-order valence-electron chi connectivity index (χ3n) is 1.45. The lowest BCUT2D eigenvalue weighted by Gasteiger charge is -1.96. The molecule has 0 unspecified atom stereocenters. The molecule has 0 saturated carbocycles. The lowest BCUT2D eigenvalue weighted by atomic mass is 10.1. The van der Waals surface area contributed by atoms with E-state index in [0.717, 1.165) is 12.5 Å². The first-order valence-electron chi connectivity index (χ1n) is 4.64. The maximum absolute atomic E-state index is 10.6. The van der Waals surface area contributed by atoms with Gasteiger partial charge in [-0.3, -0.25) is 9.59 Å². The number of hydrogen-bond acceptors (Lipinski definition) is 4. The van der Waals surface area contributed by atoms with E-state index in [2.05, 4.69) is 13.2 Å². The molecule has 0 heterocycles. The van der Waals surface area contributed by atoms with Crippen LogP contribution < -0.4 is 11.5 Å². The summed E-state index contributed by atoms with van der Waals surface area (Å²) < 4.78 is 0. The summed E-state index contributed by atoms with van der Waals surface area (Å²) in [6, 6.07) is 5.84. The molecule has 6 nitrogen and oxygen atoms in total. The Morgan fingerprint density at radius 1 is 0.889 bits per heavy atom. The maximum Gasteiger partial charge on any atom is 0.248 e. The van der Waals surface area contributed by atoms with Crippen LogP contribution in [-0.2, 0) is 0 Å². The van der Waals surface area contributed by atoms with Gasteiger partial charge < -0.3 is 21.7 Å². The molecule has 0 spiro atoms. The zero-order chi connectivity index (χ0) is 14.6. The molecule has 0 aliphatic carbocycles. The summed E-state index contributed by atoms with van der Waals surface area (Å²) in [7, 11) is 0. The van der Waals surface area contributed by atoms with E-state index in [9.17, 15) is 9.59 Å². The van der Waals surface area contributed by atoms with E-state index in [4.69, 9.17) is 21.7 Å². The van der Waals surface area contributed by atoms with E-state index in [0.29, 0.717) is 11.1 Å². The highest BCUT2D eigenvalue weighted by molar-refractivity contribution is 5.96. The number of aliphatic hydroxyl groups excluding tert-OH is 2. The standard InChI is InChI=1S/C8H8N2O2.2C2H4O/c9-7(11)5-1-2-6(4-3-5)8(10)12;2*1-2-3/h1-4H,(H2,9,11)(H2,10,12);2*2-3H,1H2. The molecule has 1 rings (SSSR count). The Morgan fingerprint density at radius 2 is 1.06 bits per heavy atom. The molecule has 0 aliphatic heterocycles. The Labute approximate surface area is 105 Å². The zero-order valence-electron chi connectivity index (χ0n) is 9.74. The van der Waals surface area contributed by atoms with Crippen molar-refractivity contribution in [1.29, 1.82) is 0 Å². The summed E-state index contributed by atoms with van der Waals surface area (Å²) in [6.07, 6.45) is 1.50. The lowest BCUT2D eigenvalue weighted by Crippen LogP contribution is -2.13. The van der Waals surface area contributed by atoms with Gasteiger partial charge in [0.05, 0.1) is 12.5 Å². The van der Waals surface area contributed by atoms with Crippen molar-refractivity contribution in [3.8, 4) is 0 Å². The summed E-state index contributed by atoms with van der Waals surface area (Å²) in [5, 5.41) is 14.7. The zero-order valence-corrected chi connectivity index (χ0v) is 9.74. The van der Waals surface area contributed by atoms with Gasteiger partial charge in [-0.2, -0.15) is 0 Å². The van der Waals surface area contributed by atoms with E-state index >= 15 is 0 Å². The third-order valence-corrected chi connectivity index (χ3v) is 1.45. The fourth-order valence-corrected chi connectivity index (χ4v) is 0.799. The van der Waals surface area contributed by atoms with E-state index in [-0.39, 0.29) is 0 Å². The molecule has 0 radical (unpaired) electrons. The minimum absolute atomic E-state index is 0.361. The number of primary amides is 2. The Morgan fingerprint density at radius 3 is 1.17 bits per heavy atom. The van der Waals surface area contributed by atoms with Crippen LogP contribution >= 0.6 is 0 Å². The Hall–Kier alpha value is -2.76. The number of carbonyl (C=O) groups excluding carboxylic acids is 2. The summed E-state index contributed by atoms with van der Waals surface area (Å²) in [5.74, 6) is -1.04. The van der Waals surface area contributed by atoms with Crippen molar-refractivity contribution in [3.63, 3.8) is 0 Å². The average molecular weight is 252 g/mol. The predicted molar refractivity (Wildman–Crippen MR) is 69.1 cm³/mol. The fourth-order valence-electron chi connectivity index (χ4n) is 0.799. The molecular formula is C12H16N2O4. The van der Waals surface area contributed by atoms with Gasteiger partial charge in [-0.1, -0.05) is 13.2 Å². The van der Waals surface area contributed by atoms with Crippen LogP contribution in [0.25, 0.3) is 0 Å². The Bertz CT molecular complexity index is 360. The predicted octanol–water partition coefficient (Wildman–Crippen LogP) is 1.26. The highest BCUT2D eigenvalue weighted by Crippen LogP contribution is 2.02. The lowest BCUT2D eigenvalue weighted by molar-refractivity contribution is 0.0988. The smallest absolute Gasteiger partial charge is 0.248 e. The van der Waals surface area contributed by atoms with Gasteiger partial charge in [-0.25, -0.2) is 0 Å². The Balaban J connectivity index is 0. The van der Waals surface area contributed by atoms with E-state index in [1.807, 2.05) is 0 Å².